The lowest BCUT2D eigenvalue weighted by Gasteiger charge is -2.33. The lowest BCUT2D eigenvalue weighted by Crippen LogP contribution is -2.56. The largest absolute Gasteiger partial charge is 0.466 e. The summed E-state index contributed by atoms with van der Waals surface area (Å²) in [5.74, 6) is -0.204. The van der Waals surface area contributed by atoms with Crippen LogP contribution in [0.5, 0.6) is 5.75 Å². The van der Waals surface area contributed by atoms with Gasteiger partial charge in [-0.3, -0.25) is 9.59 Å². The summed E-state index contributed by atoms with van der Waals surface area (Å²) in [6, 6.07) is 6.58. The van der Waals surface area contributed by atoms with Crippen LogP contribution >= 0.6 is 11.6 Å². The molecule has 1 unspecified atom stereocenters. The summed E-state index contributed by atoms with van der Waals surface area (Å²) in [7, 11) is 0. The van der Waals surface area contributed by atoms with Gasteiger partial charge in [0.15, 0.2) is 0 Å². The molecule has 1 atom stereocenters. The molecule has 1 aliphatic heterocycles. The fourth-order valence-corrected chi connectivity index (χ4v) is 2.78. The van der Waals surface area contributed by atoms with Crippen molar-refractivity contribution in [3.63, 3.8) is 0 Å². The van der Waals surface area contributed by atoms with Gasteiger partial charge in [0.25, 0.3) is 17.4 Å². The number of benzene rings is 1. The van der Waals surface area contributed by atoms with Crippen LogP contribution in [0.4, 0.5) is 11.5 Å². The maximum Gasteiger partial charge on any atom is 0.279 e. The Balaban J connectivity index is 1.86. The summed E-state index contributed by atoms with van der Waals surface area (Å²) in [5, 5.41) is 10.2. The molecule has 2 N–H and O–H groups in total. The Morgan fingerprint density at radius 3 is 2.92 bits per heavy atom. The molecule has 132 valence electrons. The summed E-state index contributed by atoms with van der Waals surface area (Å²) < 4.78 is 7.41. The number of halogens is 1. The van der Waals surface area contributed by atoms with Gasteiger partial charge in [-0.2, -0.15) is 5.10 Å². The number of carbonyl (C=O) groups excluding carboxylic acids is 2. The molecule has 0 saturated carbocycles. The van der Waals surface area contributed by atoms with Crippen molar-refractivity contribution >= 4 is 34.9 Å². The van der Waals surface area contributed by atoms with E-state index in [4.69, 9.17) is 16.3 Å². The smallest absolute Gasteiger partial charge is 0.279 e. The van der Waals surface area contributed by atoms with Crippen LogP contribution in [0.15, 0.2) is 24.3 Å². The molecule has 0 saturated heterocycles. The molecule has 1 aromatic carbocycles. The molecule has 8 heteroatoms. The van der Waals surface area contributed by atoms with E-state index in [1.54, 1.807) is 28.9 Å². The average molecular weight is 363 g/mol. The topological polar surface area (TPSA) is 85.2 Å². The highest BCUT2D eigenvalue weighted by molar-refractivity contribution is 6.31. The highest BCUT2D eigenvalue weighted by Gasteiger charge is 2.47. The summed E-state index contributed by atoms with van der Waals surface area (Å²) in [6.45, 7) is 5.95. The van der Waals surface area contributed by atoms with Crippen LogP contribution < -0.4 is 15.4 Å². The Labute approximate surface area is 150 Å². The first-order valence-electron chi connectivity index (χ1n) is 7.99. The van der Waals surface area contributed by atoms with Crippen LogP contribution in [0, 0.1) is 6.92 Å². The molecule has 2 amide bonds. The maximum atomic E-state index is 12.8. The number of hydrogen-bond acceptors (Lipinski definition) is 4. The first-order chi connectivity index (χ1) is 11.8. The maximum absolute atomic E-state index is 12.8. The Morgan fingerprint density at radius 1 is 1.44 bits per heavy atom. The Hall–Kier alpha value is -2.54. The highest BCUT2D eigenvalue weighted by atomic mass is 35.5. The molecule has 0 fully saturated rings. The third-order valence-electron chi connectivity index (χ3n) is 3.95. The van der Waals surface area contributed by atoms with Crippen LogP contribution in [0.1, 0.15) is 26.0 Å². The summed E-state index contributed by atoms with van der Waals surface area (Å²) >= 11 is 5.92. The number of nitrogens with one attached hydrogen (secondary N) is 2. The van der Waals surface area contributed by atoms with Crippen LogP contribution in [-0.4, -0.2) is 27.2 Å². The van der Waals surface area contributed by atoms with E-state index in [2.05, 4.69) is 15.7 Å². The molecule has 1 aromatic heterocycles. The van der Waals surface area contributed by atoms with Crippen molar-refractivity contribution in [3.8, 4) is 5.75 Å². The number of aromatic nitrogens is 2. The van der Waals surface area contributed by atoms with Crippen molar-refractivity contribution in [2.24, 2.45) is 0 Å². The number of carbonyl (C=O) groups is 2. The van der Waals surface area contributed by atoms with Crippen LogP contribution in [0.2, 0.25) is 5.02 Å². The minimum absolute atomic E-state index is 0.389. The van der Waals surface area contributed by atoms with E-state index in [-0.39, 0.29) is 0 Å². The molecule has 0 aliphatic carbocycles. The number of fused-ring (bicyclic) bond motifs is 1. The molecule has 2 heterocycles. The number of anilines is 2. The van der Waals surface area contributed by atoms with Gasteiger partial charge in [0, 0.05) is 17.6 Å². The lowest BCUT2D eigenvalue weighted by molar-refractivity contribution is -0.143. The summed E-state index contributed by atoms with van der Waals surface area (Å²) in [5.41, 5.74) is -0.478. The second-order valence-electron chi connectivity index (χ2n) is 6.08. The highest BCUT2D eigenvalue weighted by Crippen LogP contribution is 2.36. The number of amides is 2. The van der Waals surface area contributed by atoms with E-state index in [9.17, 15) is 9.59 Å². The fraction of sp³-hybridized carbons (Fsp3) is 0.353. The molecule has 0 radical (unpaired) electrons. The first kappa shape index (κ1) is 17.3. The van der Waals surface area contributed by atoms with Crippen molar-refractivity contribution in [1.29, 1.82) is 0 Å². The molecule has 2 aromatic rings. The van der Waals surface area contributed by atoms with Gasteiger partial charge in [0.05, 0.1) is 11.4 Å². The second kappa shape index (κ2) is 6.40. The number of rotatable bonds is 4. The van der Waals surface area contributed by atoms with E-state index in [1.807, 2.05) is 13.8 Å². The normalized spacial score (nSPS) is 19.0. The predicted octanol–water partition coefficient (Wildman–Crippen LogP) is 2.98. The van der Waals surface area contributed by atoms with Crippen LogP contribution in [0.25, 0.3) is 0 Å². The van der Waals surface area contributed by atoms with Gasteiger partial charge in [0.2, 0.25) is 0 Å². The van der Waals surface area contributed by atoms with E-state index >= 15 is 0 Å². The number of aryl methyl sites for hydroxylation is 2. The zero-order valence-electron chi connectivity index (χ0n) is 14.2. The van der Waals surface area contributed by atoms with Crippen molar-refractivity contribution < 1.29 is 14.3 Å². The van der Waals surface area contributed by atoms with Gasteiger partial charge in [-0.1, -0.05) is 18.5 Å². The van der Waals surface area contributed by atoms with E-state index in [1.165, 1.54) is 6.92 Å². The molecule has 7 nitrogen and oxygen atoms in total. The van der Waals surface area contributed by atoms with Gasteiger partial charge in [-0.15, -0.1) is 0 Å². The van der Waals surface area contributed by atoms with Gasteiger partial charge in [0.1, 0.15) is 11.6 Å². The monoisotopic (exact) mass is 362 g/mol. The average Bonchev–Trinajstić information content (AvgIpc) is 2.88. The van der Waals surface area contributed by atoms with Crippen molar-refractivity contribution in [2.45, 2.75) is 39.3 Å². The third-order valence-corrected chi connectivity index (χ3v) is 4.18. The van der Waals surface area contributed by atoms with Crippen molar-refractivity contribution in [2.75, 3.05) is 10.6 Å². The molecule has 1 aliphatic rings. The SMILES string of the molecule is CCCn1nc(C)cc1NC(=O)C1(C)Oc2ccc(Cl)cc2NC1=O. The molecule has 25 heavy (non-hydrogen) atoms. The summed E-state index contributed by atoms with van der Waals surface area (Å²) in [6.07, 6.45) is 0.867. The van der Waals surface area contributed by atoms with Crippen molar-refractivity contribution in [1.82, 2.24) is 9.78 Å². The molecular formula is C17H19ClN4O3. The molecule has 0 spiro atoms. The lowest BCUT2D eigenvalue weighted by atomic mass is 10.0. The second-order valence-corrected chi connectivity index (χ2v) is 6.51. The van der Waals surface area contributed by atoms with Gasteiger partial charge in [-0.05, 0) is 38.5 Å². The Kier molecular flexibility index (Phi) is 4.43. The van der Waals surface area contributed by atoms with Crippen LogP contribution in [-0.2, 0) is 16.1 Å². The number of ether oxygens (including phenoxy) is 1. The number of hydrogen-bond donors (Lipinski definition) is 2. The standard InChI is InChI=1S/C17H19ClN4O3/c1-4-7-22-14(8-10(2)21-22)20-16(24)17(3)15(23)19-12-9-11(18)5-6-13(12)25-17/h5-6,8-9H,4,7H2,1-3H3,(H,19,23)(H,20,24). The van der Waals surface area contributed by atoms with E-state index < -0.39 is 17.4 Å². The van der Waals surface area contributed by atoms with Crippen LogP contribution in [0.3, 0.4) is 0 Å². The first-order valence-corrected chi connectivity index (χ1v) is 8.37. The molecule has 0 bridgehead atoms. The third kappa shape index (κ3) is 3.19. The number of nitrogens with zero attached hydrogens (tertiary/aromatic N) is 2. The fourth-order valence-electron chi connectivity index (χ4n) is 2.61. The summed E-state index contributed by atoms with van der Waals surface area (Å²) in [4.78, 5) is 25.3. The molecule has 3 rings (SSSR count). The Bertz CT molecular complexity index is 848. The van der Waals surface area contributed by atoms with Gasteiger partial charge in [-0.25, -0.2) is 4.68 Å². The van der Waals surface area contributed by atoms with Gasteiger partial charge < -0.3 is 15.4 Å². The van der Waals surface area contributed by atoms with Crippen molar-refractivity contribution in [3.05, 3.63) is 35.0 Å². The zero-order chi connectivity index (χ0) is 18.2. The van der Waals surface area contributed by atoms with Gasteiger partial charge >= 0.3 is 0 Å². The zero-order valence-corrected chi connectivity index (χ0v) is 15.0. The minimum atomic E-state index is -1.70. The van der Waals surface area contributed by atoms with E-state index in [0.717, 1.165) is 12.1 Å². The predicted molar refractivity (Wildman–Crippen MR) is 95.0 cm³/mol. The Morgan fingerprint density at radius 2 is 2.20 bits per heavy atom. The minimum Gasteiger partial charge on any atom is -0.466 e. The quantitative estimate of drug-likeness (QED) is 0.819. The van der Waals surface area contributed by atoms with E-state index in [0.29, 0.717) is 28.8 Å². The molecular weight excluding hydrogens is 344 g/mol.